The second-order valence-electron chi connectivity index (χ2n) is 12.8. The monoisotopic (exact) mass is 533 g/mol. The van der Waals surface area contributed by atoms with Crippen molar-refractivity contribution < 1.29 is 5.11 Å². The third-order valence-corrected chi connectivity index (χ3v) is 7.92. The van der Waals surface area contributed by atoms with Crippen LogP contribution in [0.5, 0.6) is 0 Å². The molecular weight excluding hydrogens is 486 g/mol. The van der Waals surface area contributed by atoms with Crippen LogP contribution in [0, 0.1) is 5.92 Å². The molecule has 0 aliphatic carbocycles. The normalized spacial score (nSPS) is 12.7. The number of hydrogen-bond donors (Lipinski definition) is 1. The van der Waals surface area contributed by atoms with Crippen molar-refractivity contribution in [3.05, 3.63) is 125 Å². The van der Waals surface area contributed by atoms with Crippen LogP contribution in [0.4, 0.5) is 17.1 Å². The topological polar surface area (TPSA) is 23.5 Å². The van der Waals surface area contributed by atoms with E-state index in [4.69, 9.17) is 0 Å². The average Bonchev–Trinajstić information content (AvgIpc) is 2.93. The molecule has 40 heavy (non-hydrogen) atoms. The molecule has 0 aromatic heterocycles. The van der Waals surface area contributed by atoms with Gasteiger partial charge in [-0.25, -0.2) is 0 Å². The van der Waals surface area contributed by atoms with E-state index in [9.17, 15) is 5.11 Å². The summed E-state index contributed by atoms with van der Waals surface area (Å²) in [5, 5.41) is 9.29. The Morgan fingerprint density at radius 3 is 1.65 bits per heavy atom. The van der Waals surface area contributed by atoms with Gasteiger partial charge in [-0.15, -0.1) is 0 Å². The minimum Gasteiger partial charge on any atom is -0.396 e. The molecule has 0 spiro atoms. The van der Waals surface area contributed by atoms with Crippen molar-refractivity contribution in [2.24, 2.45) is 5.92 Å². The van der Waals surface area contributed by atoms with Crippen molar-refractivity contribution in [2.75, 3.05) is 11.5 Å². The SMILES string of the molecule is CC(C)c1ccc(N(c2ccc(C(c3cccc(CCCO)c3)C(C)C)cc2)c2ccc(C(C)(C)C)cc2)cc1. The highest BCUT2D eigenvalue weighted by molar-refractivity contribution is 5.77. The van der Waals surface area contributed by atoms with Gasteiger partial charge in [-0.1, -0.05) is 109 Å². The van der Waals surface area contributed by atoms with Gasteiger partial charge >= 0.3 is 0 Å². The van der Waals surface area contributed by atoms with Crippen LogP contribution in [-0.4, -0.2) is 11.7 Å². The fraction of sp³-hybridized carbons (Fsp3) is 0.368. The van der Waals surface area contributed by atoms with Gasteiger partial charge in [0.05, 0.1) is 0 Å². The molecule has 0 saturated heterocycles. The van der Waals surface area contributed by atoms with Crippen molar-refractivity contribution in [3.63, 3.8) is 0 Å². The first kappa shape index (κ1) is 29.6. The van der Waals surface area contributed by atoms with E-state index >= 15 is 0 Å². The second kappa shape index (κ2) is 12.9. The molecule has 4 aromatic carbocycles. The predicted molar refractivity (Wildman–Crippen MR) is 172 cm³/mol. The molecule has 0 aliphatic heterocycles. The van der Waals surface area contributed by atoms with Crippen LogP contribution < -0.4 is 4.90 Å². The van der Waals surface area contributed by atoms with Gasteiger partial charge in [0.2, 0.25) is 0 Å². The van der Waals surface area contributed by atoms with E-state index in [1.807, 2.05) is 0 Å². The fourth-order valence-corrected chi connectivity index (χ4v) is 5.58. The first-order valence-corrected chi connectivity index (χ1v) is 14.9. The minimum absolute atomic E-state index is 0.116. The molecule has 1 N–H and O–H groups in total. The fourth-order valence-electron chi connectivity index (χ4n) is 5.58. The third-order valence-electron chi connectivity index (χ3n) is 7.92. The lowest BCUT2D eigenvalue weighted by Crippen LogP contribution is -2.13. The van der Waals surface area contributed by atoms with Gasteiger partial charge in [0, 0.05) is 29.6 Å². The van der Waals surface area contributed by atoms with Crippen LogP contribution in [-0.2, 0) is 11.8 Å². The van der Waals surface area contributed by atoms with Gasteiger partial charge in [-0.2, -0.15) is 0 Å². The molecule has 1 unspecified atom stereocenters. The lowest BCUT2D eigenvalue weighted by Gasteiger charge is -2.28. The summed E-state index contributed by atoms with van der Waals surface area (Å²) < 4.78 is 0. The molecule has 1 atom stereocenters. The van der Waals surface area contributed by atoms with E-state index in [2.05, 4.69) is 150 Å². The van der Waals surface area contributed by atoms with E-state index in [0.717, 1.165) is 29.9 Å². The number of aryl methyl sites for hydroxylation is 1. The highest BCUT2D eigenvalue weighted by atomic mass is 16.2. The second-order valence-corrected chi connectivity index (χ2v) is 12.8. The van der Waals surface area contributed by atoms with Crippen LogP contribution >= 0.6 is 0 Å². The summed E-state index contributed by atoms with van der Waals surface area (Å²) in [6.07, 6.45) is 1.71. The lowest BCUT2D eigenvalue weighted by atomic mass is 9.82. The number of hydrogen-bond acceptors (Lipinski definition) is 2. The van der Waals surface area contributed by atoms with Crippen LogP contribution in [0.3, 0.4) is 0 Å². The van der Waals surface area contributed by atoms with Crippen molar-refractivity contribution in [2.45, 2.75) is 78.6 Å². The number of aliphatic hydroxyl groups is 1. The van der Waals surface area contributed by atoms with E-state index < -0.39 is 0 Å². The zero-order valence-electron chi connectivity index (χ0n) is 25.5. The van der Waals surface area contributed by atoms with Crippen molar-refractivity contribution in [1.82, 2.24) is 0 Å². The quantitative estimate of drug-likeness (QED) is 0.219. The number of anilines is 3. The first-order valence-electron chi connectivity index (χ1n) is 14.9. The highest BCUT2D eigenvalue weighted by Crippen LogP contribution is 2.39. The minimum atomic E-state index is 0.116. The van der Waals surface area contributed by atoms with Crippen molar-refractivity contribution >= 4 is 17.1 Å². The first-order chi connectivity index (χ1) is 19.1. The molecule has 0 amide bonds. The van der Waals surface area contributed by atoms with Crippen LogP contribution in [0.1, 0.15) is 94.5 Å². The molecule has 4 rings (SSSR count). The predicted octanol–water partition coefficient (Wildman–Crippen LogP) is 10.3. The third kappa shape index (κ3) is 7.04. The summed E-state index contributed by atoms with van der Waals surface area (Å²) in [5.41, 5.74) is 10.3. The molecule has 0 aliphatic rings. The Kier molecular flexibility index (Phi) is 9.53. The maximum absolute atomic E-state index is 9.29. The molecular formula is C38H47NO. The van der Waals surface area contributed by atoms with E-state index in [-0.39, 0.29) is 12.0 Å². The van der Waals surface area contributed by atoms with Crippen molar-refractivity contribution in [1.29, 1.82) is 0 Å². The Morgan fingerprint density at radius 2 is 1.18 bits per heavy atom. The number of rotatable bonds is 10. The molecule has 0 bridgehead atoms. The Balaban J connectivity index is 1.72. The lowest BCUT2D eigenvalue weighted by molar-refractivity contribution is 0.288. The van der Waals surface area contributed by atoms with Crippen LogP contribution in [0.15, 0.2) is 97.1 Å². The van der Waals surface area contributed by atoms with Gasteiger partial charge in [-0.05, 0) is 94.3 Å². The Bertz CT molecular complexity index is 1340. The van der Waals surface area contributed by atoms with E-state index in [1.54, 1.807) is 0 Å². The van der Waals surface area contributed by atoms with Gasteiger partial charge < -0.3 is 10.0 Å². The average molecular weight is 534 g/mol. The maximum Gasteiger partial charge on any atom is 0.0461 e. The van der Waals surface area contributed by atoms with Crippen LogP contribution in [0.2, 0.25) is 0 Å². The molecule has 2 heteroatoms. The molecule has 0 radical (unpaired) electrons. The number of nitrogens with zero attached hydrogens (tertiary/aromatic N) is 1. The van der Waals surface area contributed by atoms with Crippen molar-refractivity contribution in [3.8, 4) is 0 Å². The zero-order chi connectivity index (χ0) is 28.9. The molecule has 210 valence electrons. The Hall–Kier alpha value is -3.36. The van der Waals surface area contributed by atoms with Gasteiger partial charge in [0.1, 0.15) is 0 Å². The van der Waals surface area contributed by atoms with E-state index in [1.165, 1.54) is 27.8 Å². The molecule has 0 heterocycles. The highest BCUT2D eigenvalue weighted by Gasteiger charge is 2.21. The zero-order valence-corrected chi connectivity index (χ0v) is 25.5. The van der Waals surface area contributed by atoms with Crippen LogP contribution in [0.25, 0.3) is 0 Å². The standard InChI is InChI=1S/C38H47NO/c1-27(2)30-13-19-34(20-14-30)39(36-23-17-33(18-24-36)38(5,6)7)35-21-15-31(16-22-35)37(28(3)4)32-12-8-10-29(26-32)11-9-25-40/h8,10,12-24,26-28,37,40H,9,11,25H2,1-7H3. The summed E-state index contributed by atoms with van der Waals surface area (Å²) >= 11 is 0. The smallest absolute Gasteiger partial charge is 0.0461 e. The number of benzene rings is 4. The van der Waals surface area contributed by atoms with Gasteiger partial charge in [-0.3, -0.25) is 0 Å². The Morgan fingerprint density at radius 1 is 0.650 bits per heavy atom. The molecule has 0 fully saturated rings. The summed E-state index contributed by atoms with van der Waals surface area (Å²) in [4.78, 5) is 2.36. The summed E-state index contributed by atoms with van der Waals surface area (Å²) in [6.45, 7) is 16.1. The molecule has 2 nitrogen and oxygen atoms in total. The van der Waals surface area contributed by atoms with Gasteiger partial charge in [0.25, 0.3) is 0 Å². The number of aliphatic hydroxyl groups excluding tert-OH is 1. The summed E-state index contributed by atoms with van der Waals surface area (Å²) in [6, 6.07) is 36.1. The molecule has 4 aromatic rings. The van der Waals surface area contributed by atoms with E-state index in [0.29, 0.717) is 17.8 Å². The largest absolute Gasteiger partial charge is 0.396 e. The summed E-state index contributed by atoms with van der Waals surface area (Å²) in [5.74, 6) is 1.28. The molecule has 0 saturated carbocycles. The maximum atomic E-state index is 9.29. The Labute approximate surface area is 242 Å². The summed E-state index contributed by atoms with van der Waals surface area (Å²) in [7, 11) is 0. The van der Waals surface area contributed by atoms with Gasteiger partial charge in [0.15, 0.2) is 0 Å².